The second-order valence-electron chi connectivity index (χ2n) is 9.26. The number of thiazole rings is 1. The van der Waals surface area contributed by atoms with Gasteiger partial charge in [-0.25, -0.2) is 9.79 Å². The van der Waals surface area contributed by atoms with Crippen LogP contribution in [-0.4, -0.2) is 29.1 Å². The average Bonchev–Trinajstić information content (AvgIpc) is 3.68. The lowest BCUT2D eigenvalue weighted by Crippen LogP contribution is -2.39. The van der Waals surface area contributed by atoms with Crippen LogP contribution in [0.4, 0.5) is 5.69 Å². The molecule has 0 fully saturated rings. The number of anilines is 1. The molecule has 4 heterocycles. The number of nitrogens with zero attached hydrogens (tertiary/aromatic N) is 2. The number of hydrogen-bond donors (Lipinski definition) is 2. The lowest BCUT2D eigenvalue weighted by atomic mass is 9.95. The summed E-state index contributed by atoms with van der Waals surface area (Å²) >= 11 is 1.21. The monoisotopic (exact) mass is 559 g/mol. The van der Waals surface area contributed by atoms with Crippen molar-refractivity contribution in [3.05, 3.63) is 96.4 Å². The van der Waals surface area contributed by atoms with Crippen molar-refractivity contribution in [3.63, 3.8) is 0 Å². The van der Waals surface area contributed by atoms with E-state index in [4.69, 9.17) is 18.6 Å². The Balaban J connectivity index is 1.46. The Kier molecular flexibility index (Phi) is 6.53. The van der Waals surface area contributed by atoms with Gasteiger partial charge in [0.1, 0.15) is 11.5 Å². The highest BCUT2D eigenvalue weighted by molar-refractivity contribution is 7.07. The largest absolute Gasteiger partial charge is 0.463 e. The molecule has 0 radical (unpaired) electrons. The normalized spacial score (nSPS) is 16.1. The second kappa shape index (κ2) is 10.2. The van der Waals surface area contributed by atoms with Crippen molar-refractivity contribution in [2.75, 3.05) is 18.9 Å². The minimum atomic E-state index is -0.768. The number of aryl methyl sites for hydroxylation is 1. The van der Waals surface area contributed by atoms with Gasteiger partial charge in [0.25, 0.3) is 5.56 Å². The van der Waals surface area contributed by atoms with Gasteiger partial charge in [-0.05, 0) is 62.2 Å². The molecule has 10 nitrogen and oxygen atoms in total. The van der Waals surface area contributed by atoms with E-state index in [1.807, 2.05) is 25.1 Å². The highest BCUT2D eigenvalue weighted by atomic mass is 32.1. The first-order valence-electron chi connectivity index (χ1n) is 12.6. The molecule has 0 saturated heterocycles. The number of aromatic nitrogens is 1. The maximum absolute atomic E-state index is 13.8. The average molecular weight is 560 g/mol. The van der Waals surface area contributed by atoms with E-state index in [1.54, 1.807) is 50.3 Å². The lowest BCUT2D eigenvalue weighted by molar-refractivity contribution is -0.139. The minimum Gasteiger partial charge on any atom is -0.463 e. The zero-order chi connectivity index (χ0) is 28.0. The van der Waals surface area contributed by atoms with E-state index in [9.17, 15) is 14.8 Å². The van der Waals surface area contributed by atoms with Gasteiger partial charge < -0.3 is 18.6 Å². The van der Waals surface area contributed by atoms with E-state index in [2.05, 4.69) is 10.5 Å². The molecular weight excluding hydrogens is 534 g/mol. The van der Waals surface area contributed by atoms with E-state index in [1.165, 1.54) is 15.9 Å². The Morgan fingerprint density at radius 2 is 2.00 bits per heavy atom. The van der Waals surface area contributed by atoms with E-state index < -0.39 is 12.0 Å². The Morgan fingerprint density at radius 1 is 1.18 bits per heavy atom. The maximum atomic E-state index is 13.8. The van der Waals surface area contributed by atoms with Gasteiger partial charge in [0.15, 0.2) is 16.3 Å². The van der Waals surface area contributed by atoms with Gasteiger partial charge in [-0.15, -0.1) is 0 Å². The SMILES string of the molecule is CCOC(=O)C1=C(C)N=c2sc(=Cc3ccc(-c4ccc(C)c(NO)c4)o3)c(=O)n2C1c1ccc2c(c1)OCO2. The summed E-state index contributed by atoms with van der Waals surface area (Å²) in [5.74, 6) is 1.65. The molecule has 2 N–H and O–H groups in total. The first kappa shape index (κ1) is 25.7. The zero-order valence-corrected chi connectivity index (χ0v) is 22.7. The first-order chi connectivity index (χ1) is 19.4. The van der Waals surface area contributed by atoms with Crippen molar-refractivity contribution in [3.8, 4) is 22.8 Å². The number of benzene rings is 2. The number of allylic oxidation sites excluding steroid dienone is 1. The molecule has 2 aliphatic rings. The number of fused-ring (bicyclic) bond motifs is 2. The van der Waals surface area contributed by atoms with Crippen LogP contribution >= 0.6 is 11.3 Å². The fourth-order valence-electron chi connectivity index (χ4n) is 4.80. The fraction of sp³-hybridized carbons (Fsp3) is 0.207. The van der Waals surface area contributed by atoms with Crippen molar-refractivity contribution >= 4 is 29.1 Å². The van der Waals surface area contributed by atoms with Crippen LogP contribution in [0.3, 0.4) is 0 Å². The van der Waals surface area contributed by atoms with Gasteiger partial charge in [0.2, 0.25) is 6.79 Å². The van der Waals surface area contributed by atoms with Gasteiger partial charge in [0, 0.05) is 11.6 Å². The third-order valence-corrected chi connectivity index (χ3v) is 7.76. The summed E-state index contributed by atoms with van der Waals surface area (Å²) < 4.78 is 24.3. The molecule has 40 heavy (non-hydrogen) atoms. The summed E-state index contributed by atoms with van der Waals surface area (Å²) in [7, 11) is 0. The van der Waals surface area contributed by atoms with Crippen LogP contribution < -0.4 is 29.8 Å². The second-order valence-corrected chi connectivity index (χ2v) is 10.3. The van der Waals surface area contributed by atoms with Crippen molar-refractivity contribution < 1.29 is 28.6 Å². The molecule has 0 bridgehead atoms. The molecule has 2 aromatic heterocycles. The summed E-state index contributed by atoms with van der Waals surface area (Å²) in [6.07, 6.45) is 1.66. The number of carbonyl (C=O) groups is 1. The van der Waals surface area contributed by atoms with Crippen LogP contribution in [0.5, 0.6) is 11.5 Å². The summed E-state index contributed by atoms with van der Waals surface area (Å²) in [4.78, 5) is 32.0. The smallest absolute Gasteiger partial charge is 0.338 e. The highest BCUT2D eigenvalue weighted by Crippen LogP contribution is 2.38. The number of ether oxygens (including phenoxy) is 3. The third kappa shape index (κ3) is 4.38. The van der Waals surface area contributed by atoms with Crippen LogP contribution in [-0.2, 0) is 9.53 Å². The highest BCUT2D eigenvalue weighted by Gasteiger charge is 2.34. The quantitative estimate of drug-likeness (QED) is 0.269. The number of rotatable bonds is 6. The van der Waals surface area contributed by atoms with E-state index >= 15 is 0 Å². The number of nitrogens with one attached hydrogen (secondary N) is 1. The number of carbonyl (C=O) groups excluding carboxylic acids is 1. The standard InChI is InChI=1S/C29H25N3O7S/c1-4-36-28(34)25-16(3)30-29-32(26(25)18-7-9-22-23(12-18)38-14-37-22)27(33)24(40-29)13-19-8-10-21(39-19)17-6-5-15(2)20(11-17)31-35/h5-13,26,31,35H,4,14H2,1-3H3. The molecule has 0 aliphatic carbocycles. The molecule has 0 spiro atoms. The maximum Gasteiger partial charge on any atom is 0.338 e. The predicted molar refractivity (Wildman–Crippen MR) is 147 cm³/mol. The van der Waals surface area contributed by atoms with Gasteiger partial charge in [-0.3, -0.25) is 20.0 Å². The first-order valence-corrected chi connectivity index (χ1v) is 13.4. The molecular formula is C29H25N3O7S. The van der Waals surface area contributed by atoms with Crippen molar-refractivity contribution in [2.45, 2.75) is 26.8 Å². The van der Waals surface area contributed by atoms with Crippen molar-refractivity contribution in [1.29, 1.82) is 0 Å². The molecule has 204 valence electrons. The van der Waals surface area contributed by atoms with Crippen LogP contribution in [0.15, 0.2) is 74.0 Å². The lowest BCUT2D eigenvalue weighted by Gasteiger charge is -2.24. The molecule has 6 rings (SSSR count). The van der Waals surface area contributed by atoms with Gasteiger partial charge >= 0.3 is 5.97 Å². The molecule has 1 unspecified atom stereocenters. The number of esters is 1. The molecule has 2 aliphatic heterocycles. The Bertz CT molecular complexity index is 1860. The minimum absolute atomic E-state index is 0.104. The molecule has 0 amide bonds. The van der Waals surface area contributed by atoms with E-state index in [0.29, 0.717) is 49.3 Å². The summed E-state index contributed by atoms with van der Waals surface area (Å²) in [5.41, 5.74) is 5.51. The topological polar surface area (TPSA) is 125 Å². The molecule has 2 aromatic carbocycles. The Hall–Kier alpha value is -4.61. The van der Waals surface area contributed by atoms with Crippen LogP contribution in [0.1, 0.15) is 36.8 Å². The third-order valence-electron chi connectivity index (χ3n) is 6.77. The summed E-state index contributed by atoms with van der Waals surface area (Å²) in [5, 5.41) is 9.37. The van der Waals surface area contributed by atoms with Crippen molar-refractivity contribution in [1.82, 2.24) is 4.57 Å². The summed E-state index contributed by atoms with van der Waals surface area (Å²) in [6.45, 7) is 5.63. The van der Waals surface area contributed by atoms with Gasteiger partial charge in [-0.2, -0.15) is 0 Å². The molecule has 11 heteroatoms. The number of furan rings is 1. The summed E-state index contributed by atoms with van der Waals surface area (Å²) in [6, 6.07) is 13.7. The predicted octanol–water partition coefficient (Wildman–Crippen LogP) is 3.90. The fourth-order valence-corrected chi connectivity index (χ4v) is 5.83. The molecule has 1 atom stereocenters. The molecule has 4 aromatic rings. The van der Waals surface area contributed by atoms with Crippen LogP contribution in [0.25, 0.3) is 17.4 Å². The Labute approximate surface area is 232 Å². The Morgan fingerprint density at radius 3 is 2.80 bits per heavy atom. The van der Waals surface area contributed by atoms with Gasteiger partial charge in [0.05, 0.1) is 34.1 Å². The van der Waals surface area contributed by atoms with E-state index in [-0.39, 0.29) is 24.5 Å². The number of hydrogen-bond acceptors (Lipinski definition) is 10. The molecule has 0 saturated carbocycles. The van der Waals surface area contributed by atoms with Crippen LogP contribution in [0, 0.1) is 6.92 Å². The van der Waals surface area contributed by atoms with E-state index in [0.717, 1.165) is 11.1 Å². The van der Waals surface area contributed by atoms with Crippen molar-refractivity contribution in [2.24, 2.45) is 4.99 Å². The van der Waals surface area contributed by atoms with Gasteiger partial charge in [-0.1, -0.05) is 29.5 Å². The zero-order valence-electron chi connectivity index (χ0n) is 21.9. The van der Waals surface area contributed by atoms with Crippen LogP contribution in [0.2, 0.25) is 0 Å².